The van der Waals surface area contributed by atoms with Crippen LogP contribution in [0.4, 0.5) is 34.1 Å². The molecule has 0 saturated heterocycles. The van der Waals surface area contributed by atoms with Gasteiger partial charge < -0.3 is 14.2 Å². The van der Waals surface area contributed by atoms with E-state index < -0.39 is 0 Å². The number of furan rings is 1. The summed E-state index contributed by atoms with van der Waals surface area (Å²) in [6, 6.07) is 96.1. The van der Waals surface area contributed by atoms with E-state index in [1.165, 1.54) is 49.0 Å². The van der Waals surface area contributed by atoms with Crippen LogP contribution < -0.4 is 9.80 Å². The largest absolute Gasteiger partial charge is 0.456 e. The van der Waals surface area contributed by atoms with Crippen molar-refractivity contribution in [1.82, 2.24) is 0 Å². The molecule has 0 spiro atoms. The van der Waals surface area contributed by atoms with Gasteiger partial charge >= 0.3 is 0 Å². The quantitative estimate of drug-likeness (QED) is 0.135. The highest BCUT2D eigenvalue weighted by molar-refractivity contribution is 6.25. The Hall–Kier alpha value is -9.18. The van der Waals surface area contributed by atoms with Crippen LogP contribution in [0.5, 0.6) is 0 Å². The van der Waals surface area contributed by atoms with E-state index in [-0.39, 0.29) is 0 Å². The molecule has 0 amide bonds. The lowest BCUT2D eigenvalue weighted by Gasteiger charge is -2.27. The second-order valence-corrected chi connectivity index (χ2v) is 17.7. The number of anilines is 6. The molecule has 1 heterocycles. The molecule has 0 N–H and O–H groups in total. The van der Waals surface area contributed by atoms with Crippen molar-refractivity contribution in [2.24, 2.45) is 0 Å². The van der Waals surface area contributed by atoms with Crippen LogP contribution >= 0.6 is 0 Å². The van der Waals surface area contributed by atoms with Crippen molar-refractivity contribution in [1.29, 1.82) is 0 Å². The molecule has 0 atom stereocenters. The van der Waals surface area contributed by atoms with Crippen LogP contribution in [0, 0.1) is 0 Å². The summed E-state index contributed by atoms with van der Waals surface area (Å²) in [5.74, 6) is 0. The smallest absolute Gasteiger partial charge is 0.135 e. The third-order valence-corrected chi connectivity index (χ3v) is 13.7. The van der Waals surface area contributed by atoms with Gasteiger partial charge in [-0.2, -0.15) is 0 Å². The highest BCUT2D eigenvalue weighted by Gasteiger charge is 2.18. The molecular weight excluding hydrogens is 837 g/mol. The highest BCUT2D eigenvalue weighted by atomic mass is 16.3. The van der Waals surface area contributed by atoms with Gasteiger partial charge in [-0.25, -0.2) is 0 Å². The zero-order chi connectivity index (χ0) is 45.7. The number of benzene rings is 12. The van der Waals surface area contributed by atoms with Crippen molar-refractivity contribution in [3.63, 3.8) is 0 Å². The number of fused-ring (bicyclic) bond motifs is 9. The first kappa shape index (κ1) is 40.1. The van der Waals surface area contributed by atoms with Crippen LogP contribution in [0.25, 0.3) is 87.6 Å². The number of nitrogens with zero attached hydrogens (tertiary/aromatic N) is 2. The van der Waals surface area contributed by atoms with E-state index in [0.717, 1.165) is 72.8 Å². The van der Waals surface area contributed by atoms with Crippen LogP contribution in [0.15, 0.2) is 271 Å². The molecule has 324 valence electrons. The van der Waals surface area contributed by atoms with Gasteiger partial charge in [0.25, 0.3) is 0 Å². The average Bonchev–Trinajstić information content (AvgIpc) is 3.80. The second-order valence-electron chi connectivity index (χ2n) is 17.7. The molecule has 0 aliphatic rings. The molecule has 0 radical (unpaired) electrons. The molecule has 69 heavy (non-hydrogen) atoms. The summed E-state index contributed by atoms with van der Waals surface area (Å²) in [5.41, 5.74) is 15.4. The Labute approximate surface area is 401 Å². The maximum atomic E-state index is 6.11. The Balaban J connectivity index is 0.858. The van der Waals surface area contributed by atoms with E-state index in [4.69, 9.17) is 4.42 Å². The normalized spacial score (nSPS) is 11.5. The lowest BCUT2D eigenvalue weighted by Crippen LogP contribution is -2.10. The van der Waals surface area contributed by atoms with E-state index in [1.807, 2.05) is 12.1 Å². The number of hydrogen-bond acceptors (Lipinski definition) is 3. The minimum absolute atomic E-state index is 0.910. The predicted molar refractivity (Wildman–Crippen MR) is 292 cm³/mol. The van der Waals surface area contributed by atoms with Gasteiger partial charge in [-0.05, 0) is 157 Å². The fraction of sp³-hybridized carbons (Fsp3) is 0. The molecule has 0 aliphatic heterocycles. The van der Waals surface area contributed by atoms with Crippen molar-refractivity contribution in [3.8, 4) is 33.4 Å². The van der Waals surface area contributed by atoms with Crippen molar-refractivity contribution in [3.05, 3.63) is 267 Å². The summed E-state index contributed by atoms with van der Waals surface area (Å²) in [7, 11) is 0. The summed E-state index contributed by atoms with van der Waals surface area (Å²) >= 11 is 0. The number of hydrogen-bond donors (Lipinski definition) is 0. The first-order chi connectivity index (χ1) is 34.2. The predicted octanol–water partition coefficient (Wildman–Crippen LogP) is 19.0. The molecule has 0 unspecified atom stereocenters. The minimum Gasteiger partial charge on any atom is -0.456 e. The maximum absolute atomic E-state index is 6.11. The fourth-order valence-corrected chi connectivity index (χ4v) is 10.3. The average molecular weight is 881 g/mol. The second kappa shape index (κ2) is 16.9. The van der Waals surface area contributed by atoms with Crippen molar-refractivity contribution >= 4 is 88.4 Å². The molecule has 0 fully saturated rings. The molecular formula is C66H44N2O. The highest BCUT2D eigenvalue weighted by Crippen LogP contribution is 2.43. The van der Waals surface area contributed by atoms with Gasteiger partial charge in [-0.15, -0.1) is 0 Å². The molecule has 0 aliphatic carbocycles. The van der Waals surface area contributed by atoms with E-state index >= 15 is 0 Å². The maximum Gasteiger partial charge on any atom is 0.135 e. The molecule has 1 aromatic heterocycles. The van der Waals surface area contributed by atoms with Crippen LogP contribution in [-0.2, 0) is 0 Å². The topological polar surface area (TPSA) is 19.6 Å². The van der Waals surface area contributed by atoms with Gasteiger partial charge in [-0.3, -0.25) is 0 Å². The van der Waals surface area contributed by atoms with E-state index in [0.29, 0.717) is 0 Å². The van der Waals surface area contributed by atoms with Gasteiger partial charge in [0.2, 0.25) is 0 Å². The lowest BCUT2D eigenvalue weighted by atomic mass is 9.94. The summed E-state index contributed by atoms with van der Waals surface area (Å²) in [6.07, 6.45) is 0. The van der Waals surface area contributed by atoms with Crippen molar-refractivity contribution in [2.75, 3.05) is 9.80 Å². The van der Waals surface area contributed by atoms with E-state index in [1.54, 1.807) is 0 Å². The van der Waals surface area contributed by atoms with Crippen LogP contribution in [0.1, 0.15) is 0 Å². The minimum atomic E-state index is 0.910. The molecule has 13 aromatic rings. The van der Waals surface area contributed by atoms with E-state index in [9.17, 15) is 0 Å². The van der Waals surface area contributed by atoms with E-state index in [2.05, 4.69) is 265 Å². The Morgan fingerprint density at radius 2 is 0.507 bits per heavy atom. The molecule has 13 rings (SSSR count). The fourth-order valence-electron chi connectivity index (χ4n) is 10.3. The first-order valence-electron chi connectivity index (χ1n) is 23.6. The number of para-hydroxylation sites is 3. The van der Waals surface area contributed by atoms with Gasteiger partial charge in [0.1, 0.15) is 11.2 Å². The third kappa shape index (κ3) is 7.25. The zero-order valence-electron chi connectivity index (χ0n) is 37.7. The van der Waals surface area contributed by atoms with Gasteiger partial charge in [0, 0.05) is 44.9 Å². The summed E-state index contributed by atoms with van der Waals surface area (Å²) < 4.78 is 6.11. The molecule has 3 nitrogen and oxygen atoms in total. The van der Waals surface area contributed by atoms with Crippen LogP contribution in [0.3, 0.4) is 0 Å². The molecule has 0 bridgehead atoms. The Morgan fingerprint density at radius 3 is 1.00 bits per heavy atom. The molecule has 12 aromatic carbocycles. The monoisotopic (exact) mass is 880 g/mol. The lowest BCUT2D eigenvalue weighted by molar-refractivity contribution is 0.669. The number of rotatable bonds is 9. The van der Waals surface area contributed by atoms with Gasteiger partial charge in [-0.1, -0.05) is 176 Å². The standard InChI is InChI=1S/C66H44N2O/c1-3-13-51(14-4-1)67(52-15-5-2-6-16-52)53-34-27-47(28-35-53)48-31-38-55(39-32-48)68(56-40-41-61-59-19-8-7-17-57(59)58-18-9-10-20-60(58)63(61)44-56)54-36-29-46(30-37-54)45-23-25-49(26-24-45)50-33-42-66-64(43-50)62-21-11-12-22-65(62)69-66/h1-44H. The third-order valence-electron chi connectivity index (χ3n) is 13.7. The first-order valence-corrected chi connectivity index (χ1v) is 23.6. The van der Waals surface area contributed by atoms with Gasteiger partial charge in [0.05, 0.1) is 0 Å². The Kier molecular flexibility index (Phi) is 9.84. The van der Waals surface area contributed by atoms with Gasteiger partial charge in [0.15, 0.2) is 0 Å². The van der Waals surface area contributed by atoms with Crippen molar-refractivity contribution in [2.45, 2.75) is 0 Å². The molecule has 0 saturated carbocycles. The molecule has 3 heteroatoms. The van der Waals surface area contributed by atoms with Crippen LogP contribution in [0.2, 0.25) is 0 Å². The SMILES string of the molecule is c1ccc(N(c2ccccc2)c2ccc(-c3ccc(N(c4ccc(-c5ccc(-c6ccc7oc8ccccc8c7c6)cc5)cc4)c4ccc5c6ccccc6c6ccccc6c5c4)cc3)cc2)cc1. The zero-order valence-corrected chi connectivity index (χ0v) is 37.7. The van der Waals surface area contributed by atoms with Crippen molar-refractivity contribution < 1.29 is 4.42 Å². The van der Waals surface area contributed by atoms with Crippen LogP contribution in [-0.4, -0.2) is 0 Å². The summed E-state index contributed by atoms with van der Waals surface area (Å²) in [4.78, 5) is 4.68. The Bertz CT molecular complexity index is 3900. The summed E-state index contributed by atoms with van der Waals surface area (Å²) in [5, 5.41) is 9.82. The Morgan fingerprint density at radius 1 is 0.188 bits per heavy atom. The summed E-state index contributed by atoms with van der Waals surface area (Å²) in [6.45, 7) is 0.